The van der Waals surface area contributed by atoms with E-state index < -0.39 is 6.04 Å². The SMILES string of the molecule is Cc1cc(NC(C(N)=O)C(C)C)nc(C(C)C)n1. The first-order valence-corrected chi connectivity index (χ1v) is 6.22. The summed E-state index contributed by atoms with van der Waals surface area (Å²) in [5.41, 5.74) is 6.25. The normalized spacial score (nSPS) is 12.8. The maximum absolute atomic E-state index is 11.4. The Labute approximate surface area is 108 Å². The van der Waals surface area contributed by atoms with Gasteiger partial charge in [-0.3, -0.25) is 4.79 Å². The zero-order valence-electron chi connectivity index (χ0n) is 11.7. The van der Waals surface area contributed by atoms with Crippen molar-refractivity contribution in [3.63, 3.8) is 0 Å². The van der Waals surface area contributed by atoms with Crippen LogP contribution >= 0.6 is 0 Å². The van der Waals surface area contributed by atoms with Gasteiger partial charge in [0.2, 0.25) is 5.91 Å². The van der Waals surface area contributed by atoms with Crippen LogP contribution in [-0.2, 0) is 4.79 Å². The first-order valence-electron chi connectivity index (χ1n) is 6.22. The number of anilines is 1. The third-order valence-electron chi connectivity index (χ3n) is 2.66. The fourth-order valence-corrected chi connectivity index (χ4v) is 1.65. The predicted octanol–water partition coefficient (Wildman–Crippen LogP) is 1.83. The molecule has 1 atom stereocenters. The van der Waals surface area contributed by atoms with Crippen molar-refractivity contribution in [1.82, 2.24) is 9.97 Å². The second-order valence-electron chi connectivity index (χ2n) is 5.18. The molecule has 1 amide bonds. The second-order valence-corrected chi connectivity index (χ2v) is 5.18. The number of hydrogen-bond donors (Lipinski definition) is 2. The summed E-state index contributed by atoms with van der Waals surface area (Å²) in [6, 6.07) is 1.41. The number of carbonyl (C=O) groups excluding carboxylic acids is 1. The van der Waals surface area contributed by atoms with Crippen LogP contribution in [0.25, 0.3) is 0 Å². The fraction of sp³-hybridized carbons (Fsp3) is 0.615. The minimum absolute atomic E-state index is 0.111. The topological polar surface area (TPSA) is 80.9 Å². The maximum atomic E-state index is 11.4. The summed E-state index contributed by atoms with van der Waals surface area (Å²) in [7, 11) is 0. The van der Waals surface area contributed by atoms with Crippen molar-refractivity contribution >= 4 is 11.7 Å². The first kappa shape index (κ1) is 14.4. The van der Waals surface area contributed by atoms with Crippen molar-refractivity contribution in [2.24, 2.45) is 11.7 Å². The summed E-state index contributed by atoms with van der Waals surface area (Å²) in [5.74, 6) is 1.41. The third kappa shape index (κ3) is 3.68. The minimum atomic E-state index is -0.417. The van der Waals surface area contributed by atoms with E-state index in [2.05, 4.69) is 15.3 Å². The van der Waals surface area contributed by atoms with E-state index >= 15 is 0 Å². The number of hydrogen-bond acceptors (Lipinski definition) is 4. The Hall–Kier alpha value is -1.65. The van der Waals surface area contributed by atoms with Crippen LogP contribution < -0.4 is 11.1 Å². The van der Waals surface area contributed by atoms with Crippen molar-refractivity contribution in [3.8, 4) is 0 Å². The van der Waals surface area contributed by atoms with E-state index in [9.17, 15) is 4.79 Å². The van der Waals surface area contributed by atoms with Crippen LogP contribution in [-0.4, -0.2) is 21.9 Å². The lowest BCUT2D eigenvalue weighted by atomic mass is 10.0. The molecule has 3 N–H and O–H groups in total. The molecule has 1 aromatic heterocycles. The lowest BCUT2D eigenvalue weighted by Crippen LogP contribution is -2.39. The minimum Gasteiger partial charge on any atom is -0.368 e. The number of amides is 1. The van der Waals surface area contributed by atoms with Crippen LogP contribution in [0.5, 0.6) is 0 Å². The van der Waals surface area contributed by atoms with Crippen LogP contribution in [0.15, 0.2) is 6.07 Å². The van der Waals surface area contributed by atoms with Gasteiger partial charge in [0.05, 0.1) is 0 Å². The van der Waals surface area contributed by atoms with E-state index in [0.717, 1.165) is 11.5 Å². The van der Waals surface area contributed by atoms with Gasteiger partial charge < -0.3 is 11.1 Å². The molecule has 0 saturated heterocycles. The number of nitrogens with zero attached hydrogens (tertiary/aromatic N) is 2. The largest absolute Gasteiger partial charge is 0.368 e. The van der Waals surface area contributed by atoms with Gasteiger partial charge in [-0.25, -0.2) is 9.97 Å². The van der Waals surface area contributed by atoms with Crippen LogP contribution in [0.4, 0.5) is 5.82 Å². The number of aromatic nitrogens is 2. The molecule has 1 unspecified atom stereocenters. The molecule has 0 fully saturated rings. The van der Waals surface area contributed by atoms with Crippen LogP contribution in [0.1, 0.15) is 45.1 Å². The molecule has 0 aliphatic heterocycles. The van der Waals surface area contributed by atoms with Gasteiger partial charge in [-0.05, 0) is 12.8 Å². The zero-order valence-corrected chi connectivity index (χ0v) is 11.7. The highest BCUT2D eigenvalue weighted by molar-refractivity contribution is 5.82. The average molecular weight is 250 g/mol. The molecule has 5 heteroatoms. The van der Waals surface area contributed by atoms with Crippen molar-refractivity contribution in [2.75, 3.05) is 5.32 Å². The molecule has 1 heterocycles. The summed E-state index contributed by atoms with van der Waals surface area (Å²) < 4.78 is 0. The molecule has 100 valence electrons. The Morgan fingerprint density at radius 2 is 1.89 bits per heavy atom. The van der Waals surface area contributed by atoms with E-state index in [-0.39, 0.29) is 17.7 Å². The van der Waals surface area contributed by atoms with Gasteiger partial charge in [-0.2, -0.15) is 0 Å². The van der Waals surface area contributed by atoms with E-state index in [1.807, 2.05) is 40.7 Å². The van der Waals surface area contributed by atoms with E-state index in [4.69, 9.17) is 5.73 Å². The highest BCUT2D eigenvalue weighted by Gasteiger charge is 2.20. The van der Waals surface area contributed by atoms with E-state index in [0.29, 0.717) is 5.82 Å². The van der Waals surface area contributed by atoms with Crippen molar-refractivity contribution < 1.29 is 4.79 Å². The van der Waals surface area contributed by atoms with E-state index in [1.54, 1.807) is 0 Å². The Balaban J connectivity index is 2.99. The van der Waals surface area contributed by atoms with Gasteiger partial charge in [0.25, 0.3) is 0 Å². The molecule has 0 spiro atoms. The monoisotopic (exact) mass is 250 g/mol. The number of aryl methyl sites for hydroxylation is 1. The highest BCUT2D eigenvalue weighted by atomic mass is 16.1. The molecule has 0 aliphatic rings. The van der Waals surface area contributed by atoms with Gasteiger partial charge in [-0.15, -0.1) is 0 Å². The molecule has 0 bridgehead atoms. The second kappa shape index (κ2) is 5.80. The molecule has 1 aromatic rings. The highest BCUT2D eigenvalue weighted by Crippen LogP contribution is 2.16. The predicted molar refractivity (Wildman–Crippen MR) is 72.3 cm³/mol. The fourth-order valence-electron chi connectivity index (χ4n) is 1.65. The number of nitrogens with one attached hydrogen (secondary N) is 1. The standard InChI is InChI=1S/C13H22N4O/c1-7(2)11(12(14)18)16-10-6-9(5)15-13(17-10)8(3)4/h6-8,11H,1-5H3,(H2,14,18)(H,15,16,17). The molecule has 0 aliphatic carbocycles. The van der Waals surface area contributed by atoms with E-state index in [1.165, 1.54) is 0 Å². The van der Waals surface area contributed by atoms with Gasteiger partial charge in [-0.1, -0.05) is 27.7 Å². The summed E-state index contributed by atoms with van der Waals surface area (Å²) >= 11 is 0. The molecular formula is C13H22N4O. The van der Waals surface area contributed by atoms with Crippen molar-refractivity contribution in [3.05, 3.63) is 17.6 Å². The molecule has 0 radical (unpaired) electrons. The van der Waals surface area contributed by atoms with Gasteiger partial charge in [0.15, 0.2) is 0 Å². The Morgan fingerprint density at radius 1 is 1.28 bits per heavy atom. The summed E-state index contributed by atoms with van der Waals surface area (Å²) in [6.45, 7) is 9.87. The third-order valence-corrected chi connectivity index (χ3v) is 2.66. The zero-order chi connectivity index (χ0) is 13.9. The first-order chi connectivity index (χ1) is 8.31. The molecule has 18 heavy (non-hydrogen) atoms. The smallest absolute Gasteiger partial charge is 0.240 e. The van der Waals surface area contributed by atoms with Crippen molar-refractivity contribution in [1.29, 1.82) is 0 Å². The van der Waals surface area contributed by atoms with Crippen LogP contribution in [0.2, 0.25) is 0 Å². The molecule has 0 aromatic carbocycles. The van der Waals surface area contributed by atoms with Crippen LogP contribution in [0.3, 0.4) is 0 Å². The molecule has 5 nitrogen and oxygen atoms in total. The van der Waals surface area contributed by atoms with Crippen LogP contribution in [0, 0.1) is 12.8 Å². The number of nitrogens with two attached hydrogens (primary N) is 1. The number of primary amides is 1. The number of rotatable bonds is 5. The Morgan fingerprint density at radius 3 is 2.33 bits per heavy atom. The summed E-state index contributed by atoms with van der Waals surface area (Å²) in [6.07, 6.45) is 0. The molecular weight excluding hydrogens is 228 g/mol. The quantitative estimate of drug-likeness (QED) is 0.835. The number of carbonyl (C=O) groups is 1. The average Bonchev–Trinajstić information content (AvgIpc) is 2.24. The molecule has 0 saturated carbocycles. The van der Waals surface area contributed by atoms with Gasteiger partial charge in [0, 0.05) is 17.7 Å². The lowest BCUT2D eigenvalue weighted by Gasteiger charge is -2.20. The summed E-state index contributed by atoms with van der Waals surface area (Å²) in [5, 5.41) is 3.09. The Kier molecular flexibility index (Phi) is 4.64. The van der Waals surface area contributed by atoms with Gasteiger partial charge in [0.1, 0.15) is 17.7 Å². The lowest BCUT2D eigenvalue weighted by molar-refractivity contribution is -0.119. The van der Waals surface area contributed by atoms with Gasteiger partial charge >= 0.3 is 0 Å². The summed E-state index contributed by atoms with van der Waals surface area (Å²) in [4.78, 5) is 20.1. The maximum Gasteiger partial charge on any atom is 0.240 e. The Bertz CT molecular complexity index is 429. The molecule has 1 rings (SSSR count). The van der Waals surface area contributed by atoms with Crippen molar-refractivity contribution in [2.45, 2.75) is 46.6 Å².